The predicted molar refractivity (Wildman–Crippen MR) is 95.7 cm³/mol. The van der Waals surface area contributed by atoms with Crippen molar-refractivity contribution < 1.29 is 9.53 Å². The molecule has 1 atom stereocenters. The maximum Gasteiger partial charge on any atom is 0.258 e. The molecule has 6 heteroatoms. The van der Waals surface area contributed by atoms with Crippen LogP contribution in [0, 0.1) is 0 Å². The van der Waals surface area contributed by atoms with Crippen molar-refractivity contribution in [2.24, 2.45) is 0 Å². The van der Waals surface area contributed by atoms with Gasteiger partial charge in [-0.05, 0) is 24.3 Å². The molecule has 2 aromatic rings. The fraction of sp³-hybridized carbons (Fsp3) is 0.235. The molecule has 0 saturated carbocycles. The van der Waals surface area contributed by atoms with Crippen LogP contribution in [0.4, 0.5) is 0 Å². The quantitative estimate of drug-likeness (QED) is 0.773. The maximum atomic E-state index is 13.0. The van der Waals surface area contributed by atoms with Crippen molar-refractivity contribution in [3.05, 3.63) is 63.6 Å². The Hall–Kier alpha value is -1.36. The Bertz CT molecular complexity index is 738. The first-order valence-electron chi connectivity index (χ1n) is 7.12. The van der Waals surface area contributed by atoms with E-state index in [9.17, 15) is 4.79 Å². The molecule has 1 aliphatic rings. The van der Waals surface area contributed by atoms with E-state index in [0.29, 0.717) is 27.9 Å². The standard InChI is InChI=1S/C17H15Cl2NO2S/c1-22-15-5-3-2-4-13(15)16(21)20-8-9-23-17(20)12-7-6-11(18)10-14(12)19/h2-7,10,17H,8-9H2,1H3. The number of hydrogen-bond donors (Lipinski definition) is 0. The van der Waals surface area contributed by atoms with E-state index in [0.717, 1.165) is 11.3 Å². The number of carbonyl (C=O) groups excluding carboxylic acids is 1. The summed E-state index contributed by atoms with van der Waals surface area (Å²) >= 11 is 14.0. The van der Waals surface area contributed by atoms with Crippen LogP contribution in [0.1, 0.15) is 21.3 Å². The first-order chi connectivity index (χ1) is 11.1. The van der Waals surface area contributed by atoms with Gasteiger partial charge in [-0.15, -0.1) is 11.8 Å². The minimum absolute atomic E-state index is 0.0523. The molecule has 1 heterocycles. The number of benzene rings is 2. The van der Waals surface area contributed by atoms with Gasteiger partial charge in [0.25, 0.3) is 5.91 Å². The molecule has 2 aromatic carbocycles. The van der Waals surface area contributed by atoms with Gasteiger partial charge in [0.15, 0.2) is 0 Å². The van der Waals surface area contributed by atoms with Gasteiger partial charge in [-0.3, -0.25) is 4.79 Å². The Balaban J connectivity index is 1.94. The second-order valence-corrected chi connectivity index (χ2v) is 7.12. The molecule has 0 aliphatic carbocycles. The summed E-state index contributed by atoms with van der Waals surface area (Å²) in [6, 6.07) is 12.7. The third kappa shape index (κ3) is 3.30. The average molecular weight is 368 g/mol. The summed E-state index contributed by atoms with van der Waals surface area (Å²) in [4.78, 5) is 14.8. The number of halogens is 2. The molecular weight excluding hydrogens is 353 g/mol. The molecule has 0 radical (unpaired) electrons. The van der Waals surface area contributed by atoms with E-state index >= 15 is 0 Å². The highest BCUT2D eigenvalue weighted by Crippen LogP contribution is 2.42. The zero-order chi connectivity index (χ0) is 16.4. The van der Waals surface area contributed by atoms with E-state index in [4.69, 9.17) is 27.9 Å². The van der Waals surface area contributed by atoms with Gasteiger partial charge in [0, 0.05) is 27.9 Å². The molecule has 3 rings (SSSR count). The zero-order valence-electron chi connectivity index (χ0n) is 12.5. The zero-order valence-corrected chi connectivity index (χ0v) is 14.8. The molecular formula is C17H15Cl2NO2S. The molecule has 1 amide bonds. The smallest absolute Gasteiger partial charge is 0.258 e. The minimum Gasteiger partial charge on any atom is -0.496 e. The summed E-state index contributed by atoms with van der Waals surface area (Å²) in [5.41, 5.74) is 1.47. The van der Waals surface area contributed by atoms with Gasteiger partial charge in [0.05, 0.1) is 12.7 Å². The number of carbonyl (C=O) groups is 1. The molecule has 1 saturated heterocycles. The van der Waals surface area contributed by atoms with Gasteiger partial charge < -0.3 is 9.64 Å². The second kappa shape index (κ2) is 7.04. The Morgan fingerprint density at radius 2 is 2.04 bits per heavy atom. The van der Waals surface area contributed by atoms with E-state index in [1.165, 1.54) is 0 Å². The molecule has 0 aromatic heterocycles. The molecule has 1 fully saturated rings. The van der Waals surface area contributed by atoms with Crippen molar-refractivity contribution in [2.75, 3.05) is 19.4 Å². The lowest BCUT2D eigenvalue weighted by atomic mass is 10.1. The number of thioether (sulfide) groups is 1. The van der Waals surface area contributed by atoms with Gasteiger partial charge in [-0.1, -0.05) is 41.4 Å². The van der Waals surface area contributed by atoms with Crippen LogP contribution in [0.3, 0.4) is 0 Å². The fourth-order valence-corrected chi connectivity index (χ4v) is 4.48. The monoisotopic (exact) mass is 367 g/mol. The summed E-state index contributed by atoms with van der Waals surface area (Å²) in [5.74, 6) is 1.39. The van der Waals surface area contributed by atoms with Gasteiger partial charge >= 0.3 is 0 Å². The van der Waals surface area contributed by atoms with Crippen molar-refractivity contribution in [1.82, 2.24) is 4.90 Å². The SMILES string of the molecule is COc1ccccc1C(=O)N1CCSC1c1ccc(Cl)cc1Cl. The second-order valence-electron chi connectivity index (χ2n) is 5.09. The summed E-state index contributed by atoms with van der Waals surface area (Å²) in [5, 5.41) is 1.05. The highest BCUT2D eigenvalue weighted by Gasteiger charge is 2.33. The van der Waals surface area contributed by atoms with E-state index in [1.807, 2.05) is 23.1 Å². The highest BCUT2D eigenvalue weighted by atomic mass is 35.5. The number of rotatable bonds is 3. The van der Waals surface area contributed by atoms with E-state index in [-0.39, 0.29) is 11.3 Å². The van der Waals surface area contributed by atoms with E-state index < -0.39 is 0 Å². The molecule has 3 nitrogen and oxygen atoms in total. The normalized spacial score (nSPS) is 17.3. The lowest BCUT2D eigenvalue weighted by molar-refractivity contribution is 0.0757. The van der Waals surface area contributed by atoms with Gasteiger partial charge in [-0.25, -0.2) is 0 Å². The van der Waals surface area contributed by atoms with Gasteiger partial charge in [0.2, 0.25) is 0 Å². The Morgan fingerprint density at radius 1 is 1.26 bits per heavy atom. The first-order valence-corrected chi connectivity index (χ1v) is 8.93. The van der Waals surface area contributed by atoms with Crippen LogP contribution in [0.25, 0.3) is 0 Å². The number of para-hydroxylation sites is 1. The maximum absolute atomic E-state index is 13.0. The number of methoxy groups -OCH3 is 1. The van der Waals surface area contributed by atoms with Crippen LogP contribution >= 0.6 is 35.0 Å². The van der Waals surface area contributed by atoms with Crippen LogP contribution in [0.2, 0.25) is 10.0 Å². The molecule has 1 aliphatic heterocycles. The average Bonchev–Trinajstić information content (AvgIpc) is 3.03. The van der Waals surface area contributed by atoms with Crippen molar-refractivity contribution in [1.29, 1.82) is 0 Å². The third-order valence-electron chi connectivity index (χ3n) is 3.72. The van der Waals surface area contributed by atoms with Crippen LogP contribution in [-0.4, -0.2) is 30.2 Å². The Labute approximate surface area is 149 Å². The van der Waals surface area contributed by atoms with E-state index in [1.54, 1.807) is 43.1 Å². The molecule has 0 N–H and O–H groups in total. The van der Waals surface area contributed by atoms with Crippen molar-refractivity contribution in [3.8, 4) is 5.75 Å². The number of amides is 1. The fourth-order valence-electron chi connectivity index (χ4n) is 2.61. The van der Waals surface area contributed by atoms with Crippen molar-refractivity contribution >= 4 is 40.9 Å². The third-order valence-corrected chi connectivity index (χ3v) is 5.52. The molecule has 0 spiro atoms. The minimum atomic E-state index is -0.114. The number of nitrogens with zero attached hydrogens (tertiary/aromatic N) is 1. The van der Waals surface area contributed by atoms with Crippen LogP contribution in [0.5, 0.6) is 5.75 Å². The molecule has 0 bridgehead atoms. The predicted octanol–water partition coefficient (Wildman–Crippen LogP) is 4.89. The van der Waals surface area contributed by atoms with Crippen LogP contribution in [-0.2, 0) is 0 Å². The van der Waals surface area contributed by atoms with Crippen molar-refractivity contribution in [3.63, 3.8) is 0 Å². The Morgan fingerprint density at radius 3 is 2.78 bits per heavy atom. The summed E-state index contributed by atoms with van der Waals surface area (Å²) in [6.07, 6.45) is 0. The number of hydrogen-bond acceptors (Lipinski definition) is 3. The van der Waals surface area contributed by atoms with Gasteiger partial charge in [-0.2, -0.15) is 0 Å². The Kier molecular flexibility index (Phi) is 5.05. The van der Waals surface area contributed by atoms with Gasteiger partial charge in [0.1, 0.15) is 11.1 Å². The van der Waals surface area contributed by atoms with Crippen molar-refractivity contribution in [2.45, 2.75) is 5.37 Å². The molecule has 23 heavy (non-hydrogen) atoms. The summed E-state index contributed by atoms with van der Waals surface area (Å²) < 4.78 is 5.31. The molecule has 1 unspecified atom stereocenters. The topological polar surface area (TPSA) is 29.5 Å². The van der Waals surface area contributed by atoms with Crippen LogP contribution in [0.15, 0.2) is 42.5 Å². The number of ether oxygens (including phenoxy) is 1. The molecule has 120 valence electrons. The van der Waals surface area contributed by atoms with Crippen LogP contribution < -0.4 is 4.74 Å². The first kappa shape index (κ1) is 16.5. The van der Waals surface area contributed by atoms with E-state index in [2.05, 4.69) is 0 Å². The summed E-state index contributed by atoms with van der Waals surface area (Å²) in [7, 11) is 1.57. The lowest BCUT2D eigenvalue weighted by Crippen LogP contribution is -2.30. The lowest BCUT2D eigenvalue weighted by Gasteiger charge is -2.25. The summed E-state index contributed by atoms with van der Waals surface area (Å²) in [6.45, 7) is 0.672. The largest absolute Gasteiger partial charge is 0.496 e. The highest BCUT2D eigenvalue weighted by molar-refractivity contribution is 7.99.